The van der Waals surface area contributed by atoms with Crippen LogP contribution < -0.4 is 0 Å². The van der Waals surface area contributed by atoms with Crippen molar-refractivity contribution in [1.82, 2.24) is 4.90 Å². The fraction of sp³-hybridized carbons (Fsp3) is 0.160. The van der Waals surface area contributed by atoms with Gasteiger partial charge in [0, 0.05) is 29.2 Å². The van der Waals surface area contributed by atoms with Crippen molar-refractivity contribution >= 4 is 29.3 Å². The van der Waals surface area contributed by atoms with Gasteiger partial charge in [0.1, 0.15) is 0 Å². The molecule has 0 fully saturated rings. The number of hydrogen-bond acceptors (Lipinski definition) is 4. The number of carbonyl (C=O) groups excluding carboxylic acids is 3. The smallest absolute Gasteiger partial charge is 0.339 e. The molecule has 0 atom stereocenters. The van der Waals surface area contributed by atoms with Crippen LogP contribution >= 0.6 is 11.6 Å². The molecule has 0 bridgehead atoms. The summed E-state index contributed by atoms with van der Waals surface area (Å²) in [4.78, 5) is 39.8. The Morgan fingerprint density at radius 3 is 2.23 bits per heavy atom. The van der Waals surface area contributed by atoms with Gasteiger partial charge >= 0.3 is 5.97 Å². The summed E-state index contributed by atoms with van der Waals surface area (Å²) in [5, 5.41) is 0.517. The molecule has 0 aromatic heterocycles. The van der Waals surface area contributed by atoms with E-state index >= 15 is 0 Å². The molecule has 0 radical (unpaired) electrons. The molecule has 6 heteroatoms. The van der Waals surface area contributed by atoms with E-state index in [4.69, 9.17) is 16.3 Å². The van der Waals surface area contributed by atoms with Crippen molar-refractivity contribution in [2.75, 3.05) is 13.2 Å². The second-order valence-electron chi connectivity index (χ2n) is 7.29. The SMILES string of the molecule is O=C(OCC(=O)N1CCc2ccccc2C1)c1ccccc1C(=O)c1ccc(Cl)cc1. The Balaban J connectivity index is 1.43. The van der Waals surface area contributed by atoms with Crippen LogP contribution in [0, 0.1) is 0 Å². The number of nitrogens with zero attached hydrogens (tertiary/aromatic N) is 1. The first-order chi connectivity index (χ1) is 15.0. The van der Waals surface area contributed by atoms with Crippen molar-refractivity contribution in [3.8, 4) is 0 Å². The van der Waals surface area contributed by atoms with Gasteiger partial charge in [-0.2, -0.15) is 0 Å². The first-order valence-corrected chi connectivity index (χ1v) is 10.3. The van der Waals surface area contributed by atoms with Gasteiger partial charge in [-0.15, -0.1) is 0 Å². The van der Waals surface area contributed by atoms with Gasteiger partial charge in [0.2, 0.25) is 0 Å². The summed E-state index contributed by atoms with van der Waals surface area (Å²) in [5.41, 5.74) is 3.09. The summed E-state index contributed by atoms with van der Waals surface area (Å²) in [7, 11) is 0. The van der Waals surface area contributed by atoms with Gasteiger partial charge in [-0.05, 0) is 47.9 Å². The van der Waals surface area contributed by atoms with E-state index in [2.05, 4.69) is 6.07 Å². The van der Waals surface area contributed by atoms with Crippen molar-refractivity contribution in [3.63, 3.8) is 0 Å². The maximum Gasteiger partial charge on any atom is 0.339 e. The lowest BCUT2D eigenvalue weighted by molar-refractivity contribution is -0.135. The highest BCUT2D eigenvalue weighted by Gasteiger charge is 2.23. The van der Waals surface area contributed by atoms with Gasteiger partial charge in [-0.3, -0.25) is 9.59 Å². The number of hydrogen-bond donors (Lipinski definition) is 0. The number of carbonyl (C=O) groups is 3. The maximum atomic E-state index is 12.9. The number of fused-ring (bicyclic) bond motifs is 1. The summed E-state index contributed by atoms with van der Waals surface area (Å²) in [5.74, 6) is -1.28. The second kappa shape index (κ2) is 9.14. The fourth-order valence-corrected chi connectivity index (χ4v) is 3.75. The molecule has 0 saturated heterocycles. The monoisotopic (exact) mass is 433 g/mol. The molecule has 1 aliphatic heterocycles. The average molecular weight is 434 g/mol. The van der Waals surface area contributed by atoms with Crippen molar-refractivity contribution in [3.05, 3.63) is 106 Å². The first kappa shape index (κ1) is 20.8. The summed E-state index contributed by atoms with van der Waals surface area (Å²) in [6, 6.07) is 20.8. The van der Waals surface area contributed by atoms with Gasteiger partial charge in [-0.25, -0.2) is 4.79 Å². The molecule has 0 saturated carbocycles. The molecule has 4 rings (SSSR count). The van der Waals surface area contributed by atoms with E-state index in [-0.39, 0.29) is 29.4 Å². The van der Waals surface area contributed by atoms with Gasteiger partial charge in [0.25, 0.3) is 5.91 Å². The lowest BCUT2D eigenvalue weighted by Gasteiger charge is -2.28. The Kier molecular flexibility index (Phi) is 6.14. The predicted molar refractivity (Wildman–Crippen MR) is 117 cm³/mol. The van der Waals surface area contributed by atoms with Gasteiger partial charge in [0.05, 0.1) is 5.56 Å². The average Bonchev–Trinajstić information content (AvgIpc) is 2.82. The zero-order valence-electron chi connectivity index (χ0n) is 16.7. The number of esters is 1. The fourth-order valence-electron chi connectivity index (χ4n) is 3.62. The van der Waals surface area contributed by atoms with Crippen LogP contribution in [-0.4, -0.2) is 35.7 Å². The van der Waals surface area contributed by atoms with Crippen molar-refractivity contribution < 1.29 is 19.1 Å². The van der Waals surface area contributed by atoms with Crippen LogP contribution in [0.15, 0.2) is 72.8 Å². The summed E-state index contributed by atoms with van der Waals surface area (Å²) >= 11 is 5.89. The first-order valence-electron chi connectivity index (χ1n) is 9.94. The summed E-state index contributed by atoms with van der Waals surface area (Å²) in [6.07, 6.45) is 0.772. The molecule has 1 heterocycles. The lowest BCUT2D eigenvalue weighted by atomic mass is 9.98. The highest BCUT2D eigenvalue weighted by atomic mass is 35.5. The molecule has 5 nitrogen and oxygen atoms in total. The van der Waals surface area contributed by atoms with E-state index in [9.17, 15) is 14.4 Å². The highest BCUT2D eigenvalue weighted by Crippen LogP contribution is 2.20. The molecular formula is C25H20ClNO4. The molecule has 3 aromatic carbocycles. The van der Waals surface area contributed by atoms with Crippen LogP contribution in [0.25, 0.3) is 0 Å². The van der Waals surface area contributed by atoms with E-state index < -0.39 is 5.97 Å². The third-order valence-electron chi connectivity index (χ3n) is 5.31. The van der Waals surface area contributed by atoms with Crippen LogP contribution in [0.1, 0.15) is 37.4 Å². The van der Waals surface area contributed by atoms with E-state index in [0.29, 0.717) is 23.7 Å². The van der Waals surface area contributed by atoms with Crippen molar-refractivity contribution in [1.29, 1.82) is 0 Å². The highest BCUT2D eigenvalue weighted by molar-refractivity contribution is 6.30. The normalized spacial score (nSPS) is 12.7. The molecule has 1 aliphatic rings. The maximum absolute atomic E-state index is 12.9. The standard InChI is InChI=1S/C25H20ClNO4/c26-20-11-9-18(10-12-20)24(29)21-7-3-4-8-22(21)25(30)31-16-23(28)27-14-13-17-5-1-2-6-19(17)15-27/h1-12H,13-16H2. The van der Waals surface area contributed by atoms with E-state index in [0.717, 1.165) is 12.0 Å². The zero-order valence-corrected chi connectivity index (χ0v) is 17.5. The van der Waals surface area contributed by atoms with Crippen molar-refractivity contribution in [2.45, 2.75) is 13.0 Å². The zero-order chi connectivity index (χ0) is 21.8. The van der Waals surface area contributed by atoms with Gasteiger partial charge < -0.3 is 9.64 Å². The molecule has 0 spiro atoms. The molecule has 0 unspecified atom stereocenters. The third-order valence-corrected chi connectivity index (χ3v) is 5.56. The summed E-state index contributed by atoms with van der Waals surface area (Å²) in [6.45, 7) is 0.710. The largest absolute Gasteiger partial charge is 0.452 e. The van der Waals surface area contributed by atoms with E-state index in [1.807, 2.05) is 18.2 Å². The van der Waals surface area contributed by atoms with Gasteiger partial charge in [0.15, 0.2) is 12.4 Å². The number of rotatable bonds is 5. The molecule has 156 valence electrons. The minimum Gasteiger partial charge on any atom is -0.452 e. The van der Waals surface area contributed by atoms with Crippen LogP contribution in [0.4, 0.5) is 0 Å². The quantitative estimate of drug-likeness (QED) is 0.444. The second-order valence-corrected chi connectivity index (χ2v) is 7.73. The molecule has 1 amide bonds. The molecular weight excluding hydrogens is 414 g/mol. The van der Waals surface area contributed by atoms with Gasteiger partial charge in [-0.1, -0.05) is 54.1 Å². The Hall–Kier alpha value is -3.44. The van der Waals surface area contributed by atoms with E-state index in [1.165, 1.54) is 11.6 Å². The summed E-state index contributed by atoms with van der Waals surface area (Å²) < 4.78 is 5.27. The molecule has 3 aromatic rings. The lowest BCUT2D eigenvalue weighted by Crippen LogP contribution is -2.38. The topological polar surface area (TPSA) is 63.7 Å². The Morgan fingerprint density at radius 1 is 0.839 bits per heavy atom. The van der Waals surface area contributed by atoms with Crippen LogP contribution in [0.2, 0.25) is 5.02 Å². The third kappa shape index (κ3) is 4.67. The van der Waals surface area contributed by atoms with Crippen LogP contribution in [-0.2, 0) is 22.5 Å². The number of ether oxygens (including phenoxy) is 1. The van der Waals surface area contributed by atoms with E-state index in [1.54, 1.807) is 47.4 Å². The Labute approximate surface area is 185 Å². The number of amides is 1. The molecule has 0 aliphatic carbocycles. The number of halogens is 1. The predicted octanol–water partition coefficient (Wildman–Crippen LogP) is 4.31. The Morgan fingerprint density at radius 2 is 1.48 bits per heavy atom. The number of ketones is 1. The Bertz CT molecular complexity index is 1140. The van der Waals surface area contributed by atoms with Crippen LogP contribution in [0.5, 0.6) is 0 Å². The molecule has 31 heavy (non-hydrogen) atoms. The van der Waals surface area contributed by atoms with Crippen LogP contribution in [0.3, 0.4) is 0 Å². The minimum absolute atomic E-state index is 0.124. The number of benzene rings is 3. The minimum atomic E-state index is -0.705. The van der Waals surface area contributed by atoms with Crippen molar-refractivity contribution in [2.24, 2.45) is 0 Å². The molecule has 0 N–H and O–H groups in total.